The number of benzene rings is 4. The van der Waals surface area contributed by atoms with Gasteiger partial charge in [0.15, 0.2) is 0 Å². The van der Waals surface area contributed by atoms with Crippen molar-refractivity contribution < 1.29 is 4.79 Å². The summed E-state index contributed by atoms with van der Waals surface area (Å²) in [7, 11) is 0. The maximum Gasteiger partial charge on any atom is 0.279 e. The molecule has 7 rings (SSSR count). The van der Waals surface area contributed by atoms with E-state index in [9.17, 15) is 4.79 Å². The van der Waals surface area contributed by atoms with Crippen LogP contribution in [0.15, 0.2) is 97.1 Å². The summed E-state index contributed by atoms with van der Waals surface area (Å²) in [5, 5.41) is 3.70. The lowest BCUT2D eigenvalue weighted by Crippen LogP contribution is -2.53. The average Bonchev–Trinajstić information content (AvgIpc) is 3.39. The first-order valence-corrected chi connectivity index (χ1v) is 12.0. The van der Waals surface area contributed by atoms with Crippen molar-refractivity contribution in [2.45, 2.75) is 19.0 Å². The molecule has 1 aromatic heterocycles. The molecule has 1 spiro atoms. The van der Waals surface area contributed by atoms with E-state index in [0.717, 1.165) is 51.3 Å². The molecule has 2 aliphatic rings. The van der Waals surface area contributed by atoms with Crippen LogP contribution in [-0.4, -0.2) is 22.0 Å². The van der Waals surface area contributed by atoms with Gasteiger partial charge in [-0.25, -0.2) is 4.98 Å². The van der Waals surface area contributed by atoms with Crippen molar-refractivity contribution in [3.05, 3.63) is 114 Å². The van der Waals surface area contributed by atoms with E-state index in [2.05, 4.69) is 59.3 Å². The number of anilines is 2. The highest BCUT2D eigenvalue weighted by molar-refractivity contribution is 6.12. The molecule has 4 aromatic carbocycles. The van der Waals surface area contributed by atoms with Crippen LogP contribution in [0.2, 0.25) is 0 Å². The lowest BCUT2D eigenvalue weighted by Gasteiger charge is -2.38. The van der Waals surface area contributed by atoms with Crippen molar-refractivity contribution >= 4 is 28.3 Å². The van der Waals surface area contributed by atoms with Gasteiger partial charge in [0.1, 0.15) is 5.82 Å². The molecule has 3 heterocycles. The van der Waals surface area contributed by atoms with Gasteiger partial charge < -0.3 is 10.2 Å². The molecule has 1 N–H and O–H groups in total. The van der Waals surface area contributed by atoms with Crippen LogP contribution in [-0.2, 0) is 16.9 Å². The Morgan fingerprint density at radius 2 is 1.66 bits per heavy atom. The summed E-state index contributed by atoms with van der Waals surface area (Å²) in [6, 6.07) is 32.9. The fraction of sp³-hybridized carbons (Fsp3) is 0.133. The number of rotatable bonds is 3. The first kappa shape index (κ1) is 20.0. The molecular weight excluding hydrogens is 432 g/mol. The van der Waals surface area contributed by atoms with Crippen molar-refractivity contribution in [2.75, 3.05) is 16.8 Å². The van der Waals surface area contributed by atoms with Crippen molar-refractivity contribution in [1.82, 2.24) is 9.55 Å². The molecule has 0 aliphatic carbocycles. The Hall–Kier alpha value is -4.38. The highest BCUT2D eigenvalue weighted by Crippen LogP contribution is 2.50. The Labute approximate surface area is 203 Å². The van der Waals surface area contributed by atoms with Crippen LogP contribution < -0.4 is 10.2 Å². The van der Waals surface area contributed by atoms with Gasteiger partial charge in [-0.3, -0.25) is 9.36 Å². The minimum atomic E-state index is -1.10. The van der Waals surface area contributed by atoms with Crippen molar-refractivity contribution in [3.8, 4) is 11.4 Å². The van der Waals surface area contributed by atoms with Crippen LogP contribution in [0, 0.1) is 6.92 Å². The number of aryl methyl sites for hydroxylation is 1. The molecule has 5 nitrogen and oxygen atoms in total. The molecule has 0 radical (unpaired) electrons. The second-order valence-electron chi connectivity index (χ2n) is 9.35. The van der Waals surface area contributed by atoms with E-state index in [1.807, 2.05) is 59.5 Å². The maximum atomic E-state index is 14.6. The number of hydrogen-bond acceptors (Lipinski definition) is 3. The predicted molar refractivity (Wildman–Crippen MR) is 140 cm³/mol. The van der Waals surface area contributed by atoms with E-state index in [1.54, 1.807) is 0 Å². The number of aromatic nitrogens is 2. The molecule has 5 heteroatoms. The molecule has 1 atom stereocenters. The highest BCUT2D eigenvalue weighted by Gasteiger charge is 2.56. The topological polar surface area (TPSA) is 50.2 Å². The first-order chi connectivity index (χ1) is 17.2. The van der Waals surface area contributed by atoms with Crippen molar-refractivity contribution in [1.29, 1.82) is 0 Å². The zero-order valence-electron chi connectivity index (χ0n) is 19.4. The Balaban J connectivity index is 1.47. The fourth-order valence-electron chi connectivity index (χ4n) is 5.62. The number of para-hydroxylation sites is 3. The minimum Gasteiger partial charge on any atom is -0.350 e. The SMILES string of the molecule is Cc1ccc2c(c1)C1(Nc3ccccc3-c3nc4ccccc4n31)C(=O)N2CCc1ccccc1. The molecule has 0 fully saturated rings. The Kier molecular flexibility index (Phi) is 4.18. The van der Waals surface area contributed by atoms with Crippen LogP contribution in [0.3, 0.4) is 0 Å². The zero-order chi connectivity index (χ0) is 23.6. The second-order valence-corrected chi connectivity index (χ2v) is 9.35. The van der Waals surface area contributed by atoms with E-state index in [1.165, 1.54) is 5.56 Å². The largest absolute Gasteiger partial charge is 0.350 e. The molecule has 1 amide bonds. The summed E-state index contributed by atoms with van der Waals surface area (Å²) in [5.41, 5.74) is 6.89. The maximum absolute atomic E-state index is 14.6. The number of fused-ring (bicyclic) bond motifs is 8. The van der Waals surface area contributed by atoms with Gasteiger partial charge in [-0.05, 0) is 55.3 Å². The van der Waals surface area contributed by atoms with Crippen molar-refractivity contribution in [3.63, 3.8) is 0 Å². The van der Waals surface area contributed by atoms with Gasteiger partial charge in [-0.2, -0.15) is 0 Å². The van der Waals surface area contributed by atoms with Crippen LogP contribution in [0.25, 0.3) is 22.4 Å². The summed E-state index contributed by atoms with van der Waals surface area (Å²) < 4.78 is 2.12. The van der Waals surface area contributed by atoms with Gasteiger partial charge in [-0.15, -0.1) is 0 Å². The van der Waals surface area contributed by atoms with Crippen LogP contribution >= 0.6 is 0 Å². The molecule has 35 heavy (non-hydrogen) atoms. The second kappa shape index (κ2) is 7.31. The predicted octanol–water partition coefficient (Wildman–Crippen LogP) is 5.73. The van der Waals surface area contributed by atoms with Gasteiger partial charge in [0.05, 0.1) is 16.7 Å². The van der Waals surface area contributed by atoms with E-state index < -0.39 is 5.66 Å². The van der Waals surface area contributed by atoms with Gasteiger partial charge in [0, 0.05) is 23.4 Å². The van der Waals surface area contributed by atoms with Gasteiger partial charge in [-0.1, -0.05) is 66.2 Å². The highest BCUT2D eigenvalue weighted by atomic mass is 16.2. The van der Waals surface area contributed by atoms with Gasteiger partial charge in [0.25, 0.3) is 5.91 Å². The lowest BCUT2D eigenvalue weighted by molar-refractivity contribution is -0.123. The molecule has 0 saturated carbocycles. The fourth-order valence-corrected chi connectivity index (χ4v) is 5.62. The summed E-state index contributed by atoms with van der Waals surface area (Å²) in [5.74, 6) is 0.833. The Morgan fingerprint density at radius 1 is 0.886 bits per heavy atom. The monoisotopic (exact) mass is 456 g/mol. The van der Waals surface area contributed by atoms with E-state index in [4.69, 9.17) is 4.98 Å². The Morgan fingerprint density at radius 3 is 2.54 bits per heavy atom. The first-order valence-electron chi connectivity index (χ1n) is 12.0. The standard InChI is InChI=1S/C30H24N4O/c1-20-15-16-26-23(19-20)30(29(35)33(26)18-17-21-9-3-2-4-10-21)32-24-12-6-5-11-22(24)28-31-25-13-7-8-14-27(25)34(28)30/h2-16,19,32H,17-18H2,1H3. The molecule has 2 aliphatic heterocycles. The molecular formula is C30H24N4O. The zero-order valence-corrected chi connectivity index (χ0v) is 19.4. The molecule has 1 unspecified atom stereocenters. The van der Waals surface area contributed by atoms with E-state index >= 15 is 0 Å². The number of carbonyl (C=O) groups excluding carboxylic acids is 1. The molecule has 170 valence electrons. The molecule has 0 bridgehead atoms. The number of carbonyl (C=O) groups is 1. The number of nitrogens with zero attached hydrogens (tertiary/aromatic N) is 3. The summed E-state index contributed by atoms with van der Waals surface area (Å²) in [6.45, 7) is 2.68. The van der Waals surface area contributed by atoms with Gasteiger partial charge in [0.2, 0.25) is 5.66 Å². The molecule has 0 saturated heterocycles. The third kappa shape index (κ3) is 2.75. The van der Waals surface area contributed by atoms with Crippen LogP contribution in [0.1, 0.15) is 16.7 Å². The molecule has 5 aromatic rings. The quantitative estimate of drug-likeness (QED) is 0.377. The third-order valence-electron chi connectivity index (χ3n) is 7.23. The van der Waals surface area contributed by atoms with E-state index in [0.29, 0.717) is 6.54 Å². The third-order valence-corrected chi connectivity index (χ3v) is 7.23. The van der Waals surface area contributed by atoms with Gasteiger partial charge >= 0.3 is 0 Å². The lowest BCUT2D eigenvalue weighted by atomic mass is 9.94. The number of nitrogens with one attached hydrogen (secondary N) is 1. The number of hydrogen-bond donors (Lipinski definition) is 1. The normalized spacial score (nSPS) is 17.9. The van der Waals surface area contributed by atoms with E-state index in [-0.39, 0.29) is 5.91 Å². The summed E-state index contributed by atoms with van der Waals surface area (Å²) >= 11 is 0. The summed E-state index contributed by atoms with van der Waals surface area (Å²) in [4.78, 5) is 21.6. The smallest absolute Gasteiger partial charge is 0.279 e. The minimum absolute atomic E-state index is 0.0212. The Bertz CT molecular complexity index is 1620. The number of imidazole rings is 1. The van der Waals surface area contributed by atoms with Crippen LogP contribution in [0.4, 0.5) is 11.4 Å². The number of amides is 1. The average molecular weight is 457 g/mol. The summed E-state index contributed by atoms with van der Waals surface area (Å²) in [6.07, 6.45) is 0.782. The van der Waals surface area contributed by atoms with Crippen LogP contribution in [0.5, 0.6) is 0 Å². The van der Waals surface area contributed by atoms with Crippen molar-refractivity contribution in [2.24, 2.45) is 0 Å².